The summed E-state index contributed by atoms with van der Waals surface area (Å²) in [4.78, 5) is 56.7. The summed E-state index contributed by atoms with van der Waals surface area (Å²) in [5.41, 5.74) is -0.999. The molecule has 2 aliphatic heterocycles. The van der Waals surface area contributed by atoms with Crippen molar-refractivity contribution >= 4 is 56.8 Å². The van der Waals surface area contributed by atoms with Crippen LogP contribution in [0.2, 0.25) is 0 Å². The van der Waals surface area contributed by atoms with Crippen LogP contribution in [0.3, 0.4) is 0 Å². The monoisotopic (exact) mass is 596 g/mol. The lowest BCUT2D eigenvalue weighted by atomic mass is 10.0. The maximum absolute atomic E-state index is 13.7. The summed E-state index contributed by atoms with van der Waals surface area (Å²) in [6.07, 6.45) is -1.37. The molecule has 2 aliphatic rings. The molecule has 0 bridgehead atoms. The number of rotatable bonds is 9. The van der Waals surface area contributed by atoms with Crippen LogP contribution in [0.5, 0.6) is 0 Å². The van der Waals surface area contributed by atoms with Gasteiger partial charge in [0.15, 0.2) is 15.9 Å². The highest BCUT2D eigenvalue weighted by molar-refractivity contribution is 7.95. The number of halogens is 2. The summed E-state index contributed by atoms with van der Waals surface area (Å²) in [6.45, 7) is -0.454. The standard InChI is InChI=1S/C25H22Cl2N2O9S/c26-19(27)14-39(34,35)15-20(30)28-18-13-36-29(23(18)32)25(12-11-21(31)38-25)24(33)37-22(16-7-3-1-4-8-16)17-9-5-2-6-10-17/h1-10,14,18,22H,11-13,15H2,(H,28,30)/t18-,25?/m0/s1. The van der Waals surface area contributed by atoms with Crippen LogP contribution in [0.1, 0.15) is 30.1 Å². The highest BCUT2D eigenvalue weighted by Crippen LogP contribution is 2.37. The quantitative estimate of drug-likeness (QED) is 0.431. The third-order valence-electron chi connectivity index (χ3n) is 5.83. The molecule has 11 nitrogen and oxygen atoms in total. The highest BCUT2D eigenvalue weighted by Gasteiger charge is 2.60. The van der Waals surface area contributed by atoms with E-state index in [0.29, 0.717) is 21.6 Å². The van der Waals surface area contributed by atoms with Crippen LogP contribution in [0.4, 0.5) is 0 Å². The van der Waals surface area contributed by atoms with Gasteiger partial charge in [0, 0.05) is 6.42 Å². The summed E-state index contributed by atoms with van der Waals surface area (Å²) in [5.74, 6) is -4.84. The fourth-order valence-corrected chi connectivity index (χ4v) is 5.74. The molecule has 1 N–H and O–H groups in total. The van der Waals surface area contributed by atoms with E-state index in [2.05, 4.69) is 5.32 Å². The van der Waals surface area contributed by atoms with Crippen molar-refractivity contribution in [1.82, 2.24) is 10.4 Å². The zero-order chi connectivity index (χ0) is 28.2. The fraction of sp³-hybridized carbons (Fsp3) is 0.280. The Labute approximate surface area is 233 Å². The number of nitrogens with one attached hydrogen (secondary N) is 1. The number of esters is 2. The molecule has 0 saturated carbocycles. The maximum atomic E-state index is 13.7. The second-order valence-electron chi connectivity index (χ2n) is 8.63. The molecule has 0 spiro atoms. The number of amides is 2. The lowest BCUT2D eigenvalue weighted by Gasteiger charge is -2.34. The largest absolute Gasteiger partial charge is 0.448 e. The van der Waals surface area contributed by atoms with Crippen LogP contribution >= 0.6 is 23.2 Å². The molecule has 2 saturated heterocycles. The minimum absolute atomic E-state index is 0.204. The third-order valence-corrected chi connectivity index (χ3v) is 7.57. The van der Waals surface area contributed by atoms with Gasteiger partial charge in [-0.2, -0.15) is 5.06 Å². The molecule has 1 unspecified atom stereocenters. The fourth-order valence-electron chi connectivity index (χ4n) is 4.12. The molecule has 2 heterocycles. The molecular formula is C25H22Cl2N2O9S. The van der Waals surface area contributed by atoms with Gasteiger partial charge in [-0.25, -0.2) is 13.2 Å². The number of ether oxygens (including phenoxy) is 2. The van der Waals surface area contributed by atoms with Crippen molar-refractivity contribution in [3.8, 4) is 0 Å². The number of sulfone groups is 1. The Balaban J connectivity index is 1.56. The van der Waals surface area contributed by atoms with E-state index in [1.807, 2.05) is 0 Å². The van der Waals surface area contributed by atoms with Crippen LogP contribution in [-0.4, -0.2) is 61.4 Å². The van der Waals surface area contributed by atoms with E-state index in [1.54, 1.807) is 60.7 Å². The van der Waals surface area contributed by atoms with E-state index in [-0.39, 0.29) is 12.8 Å². The molecule has 2 fully saturated rings. The number of cyclic esters (lactones) is 1. The Hall–Kier alpha value is -3.45. The zero-order valence-corrected chi connectivity index (χ0v) is 22.4. The van der Waals surface area contributed by atoms with Gasteiger partial charge in [-0.15, -0.1) is 0 Å². The van der Waals surface area contributed by atoms with Gasteiger partial charge in [0.1, 0.15) is 22.9 Å². The number of carbonyl (C=O) groups excluding carboxylic acids is 4. The second-order valence-corrected chi connectivity index (χ2v) is 11.5. The summed E-state index contributed by atoms with van der Waals surface area (Å²) in [7, 11) is -4.11. The molecule has 0 radical (unpaired) electrons. The van der Waals surface area contributed by atoms with Gasteiger partial charge in [-0.05, 0) is 11.1 Å². The van der Waals surface area contributed by atoms with Gasteiger partial charge in [0.2, 0.25) is 5.91 Å². The number of benzene rings is 2. The van der Waals surface area contributed by atoms with Crippen molar-refractivity contribution in [1.29, 1.82) is 0 Å². The molecule has 2 aromatic carbocycles. The molecule has 0 aromatic heterocycles. The molecular weight excluding hydrogens is 575 g/mol. The van der Waals surface area contributed by atoms with Gasteiger partial charge >= 0.3 is 17.7 Å². The summed E-state index contributed by atoms with van der Waals surface area (Å²) >= 11 is 10.7. The topological polar surface area (TPSA) is 145 Å². The number of hydroxylamine groups is 2. The average Bonchev–Trinajstić information content (AvgIpc) is 3.45. The van der Waals surface area contributed by atoms with E-state index < -0.39 is 68.3 Å². The Kier molecular flexibility index (Phi) is 8.60. The van der Waals surface area contributed by atoms with Gasteiger partial charge in [0.25, 0.3) is 5.91 Å². The first-order valence-corrected chi connectivity index (χ1v) is 14.0. The number of hydrogen-bond acceptors (Lipinski definition) is 9. The minimum atomic E-state index is -4.11. The number of nitrogens with zero attached hydrogens (tertiary/aromatic N) is 1. The Morgan fingerprint density at radius 3 is 2.18 bits per heavy atom. The predicted molar refractivity (Wildman–Crippen MR) is 137 cm³/mol. The van der Waals surface area contributed by atoms with E-state index in [0.717, 1.165) is 0 Å². The smallest absolute Gasteiger partial charge is 0.376 e. The van der Waals surface area contributed by atoms with Crippen LogP contribution in [-0.2, 0) is 43.3 Å². The Morgan fingerprint density at radius 1 is 1.08 bits per heavy atom. The molecule has 0 aliphatic carbocycles. The van der Waals surface area contributed by atoms with Crippen molar-refractivity contribution in [3.63, 3.8) is 0 Å². The average molecular weight is 597 g/mol. The lowest BCUT2D eigenvalue weighted by Crippen LogP contribution is -2.57. The van der Waals surface area contributed by atoms with Crippen LogP contribution < -0.4 is 5.32 Å². The van der Waals surface area contributed by atoms with Gasteiger partial charge in [-0.1, -0.05) is 83.9 Å². The first kappa shape index (κ1) is 28.6. The second kappa shape index (κ2) is 11.7. The Bertz CT molecular complexity index is 1360. The molecule has 39 heavy (non-hydrogen) atoms. The molecule has 2 amide bonds. The van der Waals surface area contributed by atoms with E-state index in [4.69, 9.17) is 37.5 Å². The van der Waals surface area contributed by atoms with Gasteiger partial charge < -0.3 is 14.8 Å². The van der Waals surface area contributed by atoms with Crippen molar-refractivity contribution in [2.45, 2.75) is 30.7 Å². The normalized spacial score (nSPS) is 21.0. The maximum Gasteiger partial charge on any atom is 0.376 e. The highest BCUT2D eigenvalue weighted by atomic mass is 35.5. The molecule has 14 heteroatoms. The summed E-state index contributed by atoms with van der Waals surface area (Å²) < 4.78 is 34.5. The first-order valence-electron chi connectivity index (χ1n) is 11.6. The SMILES string of the molecule is O=C(CS(=O)(=O)C=C(Cl)Cl)N[C@H]1CON(C2(C(=O)OC(c3ccccc3)c3ccccc3)CCC(=O)O2)C1=O. The summed E-state index contributed by atoms with van der Waals surface area (Å²) in [5, 5.41) is 3.29. The van der Waals surface area contributed by atoms with Crippen LogP contribution in [0.15, 0.2) is 70.6 Å². The third kappa shape index (κ3) is 6.59. The predicted octanol–water partition coefficient (Wildman–Crippen LogP) is 2.30. The van der Waals surface area contributed by atoms with Crippen LogP contribution in [0.25, 0.3) is 0 Å². The van der Waals surface area contributed by atoms with Crippen molar-refractivity contribution < 1.29 is 41.9 Å². The van der Waals surface area contributed by atoms with E-state index >= 15 is 0 Å². The van der Waals surface area contributed by atoms with Gasteiger partial charge in [0.05, 0.1) is 11.8 Å². The van der Waals surface area contributed by atoms with Gasteiger partial charge in [-0.3, -0.25) is 19.2 Å². The van der Waals surface area contributed by atoms with Crippen LogP contribution in [0, 0.1) is 0 Å². The minimum Gasteiger partial charge on any atom is -0.448 e. The van der Waals surface area contributed by atoms with Crippen molar-refractivity contribution in [2.24, 2.45) is 0 Å². The molecule has 4 rings (SSSR count). The van der Waals surface area contributed by atoms with E-state index in [9.17, 15) is 27.6 Å². The first-order chi connectivity index (χ1) is 18.5. The zero-order valence-electron chi connectivity index (χ0n) is 20.1. The van der Waals surface area contributed by atoms with E-state index in [1.165, 1.54) is 0 Å². The van der Waals surface area contributed by atoms with Crippen molar-refractivity contribution in [2.75, 3.05) is 12.4 Å². The summed E-state index contributed by atoms with van der Waals surface area (Å²) in [6, 6.07) is 16.3. The Morgan fingerprint density at radius 2 is 1.67 bits per heavy atom. The molecule has 2 atom stereocenters. The molecule has 2 aromatic rings. The van der Waals surface area contributed by atoms with Crippen molar-refractivity contribution in [3.05, 3.63) is 81.7 Å². The molecule has 206 valence electrons. The number of hydrogen-bond donors (Lipinski definition) is 1. The lowest BCUT2D eigenvalue weighted by molar-refractivity contribution is -0.260. The number of carbonyl (C=O) groups is 4.